The van der Waals surface area contributed by atoms with E-state index in [2.05, 4.69) is 34.5 Å². The molecule has 0 bridgehead atoms. The van der Waals surface area contributed by atoms with Crippen LogP contribution < -0.4 is 10.6 Å². The minimum absolute atomic E-state index is 0.0644. The van der Waals surface area contributed by atoms with Gasteiger partial charge in [0.05, 0.1) is 12.2 Å². The number of carbonyl (C=O) groups excluding carboxylic acids is 1. The first-order valence-corrected chi connectivity index (χ1v) is 8.46. The van der Waals surface area contributed by atoms with E-state index >= 15 is 0 Å². The molecule has 1 heterocycles. The highest BCUT2D eigenvalue weighted by Gasteiger charge is 2.27. The number of likely N-dealkylation sites (N-methyl/N-ethyl adjacent to an activating group) is 1. The summed E-state index contributed by atoms with van der Waals surface area (Å²) in [6, 6.07) is 0.365. The average molecular weight is 321 g/mol. The molecule has 0 unspecified atom stereocenters. The van der Waals surface area contributed by atoms with Crippen molar-refractivity contribution in [1.29, 1.82) is 0 Å². The van der Waals surface area contributed by atoms with Gasteiger partial charge in [0.1, 0.15) is 0 Å². The third-order valence-electron chi connectivity index (χ3n) is 4.86. The Balaban J connectivity index is 1.80. The first-order valence-electron chi connectivity index (χ1n) is 8.46. The SMILES string of the molecule is CN(C)[C@H](CNC(=O)NC1CCC(C)(C)CC1)c1cnn(C)c1. The largest absolute Gasteiger partial charge is 0.336 e. The summed E-state index contributed by atoms with van der Waals surface area (Å²) in [5, 5.41) is 10.3. The standard InChI is InChI=1S/C17H31N5O/c1-17(2)8-6-14(7-9-17)20-16(23)18-11-15(21(3)4)13-10-19-22(5)12-13/h10,12,14-15H,6-9,11H2,1-5H3,(H2,18,20,23)/t15-/m1/s1. The van der Waals surface area contributed by atoms with Gasteiger partial charge < -0.3 is 15.5 Å². The van der Waals surface area contributed by atoms with Gasteiger partial charge in [0.15, 0.2) is 0 Å². The predicted octanol–water partition coefficient (Wildman–Crippen LogP) is 2.29. The van der Waals surface area contributed by atoms with Crippen molar-refractivity contribution in [2.75, 3.05) is 20.6 Å². The molecule has 6 nitrogen and oxygen atoms in total. The Morgan fingerprint density at radius 2 is 2.09 bits per heavy atom. The Morgan fingerprint density at radius 1 is 1.43 bits per heavy atom. The molecule has 1 saturated carbocycles. The Hall–Kier alpha value is -1.56. The number of aromatic nitrogens is 2. The third-order valence-corrected chi connectivity index (χ3v) is 4.86. The molecule has 0 aromatic carbocycles. The fraction of sp³-hybridized carbons (Fsp3) is 0.765. The molecular formula is C17H31N5O. The van der Waals surface area contributed by atoms with Crippen LogP contribution in [-0.2, 0) is 7.05 Å². The lowest BCUT2D eigenvalue weighted by molar-refractivity contribution is 0.195. The molecule has 2 N–H and O–H groups in total. The normalized spacial score (nSPS) is 19.6. The molecule has 2 amide bonds. The van der Waals surface area contributed by atoms with Crippen LogP contribution in [0.25, 0.3) is 0 Å². The van der Waals surface area contributed by atoms with E-state index in [1.54, 1.807) is 4.68 Å². The van der Waals surface area contributed by atoms with Gasteiger partial charge in [-0.15, -0.1) is 0 Å². The maximum absolute atomic E-state index is 12.2. The number of nitrogens with one attached hydrogen (secondary N) is 2. The summed E-state index contributed by atoms with van der Waals surface area (Å²) in [5.41, 5.74) is 1.53. The van der Waals surface area contributed by atoms with Crippen LogP contribution in [0.5, 0.6) is 0 Å². The summed E-state index contributed by atoms with van der Waals surface area (Å²) in [6.07, 6.45) is 8.34. The van der Waals surface area contributed by atoms with Crippen molar-refractivity contribution in [2.45, 2.75) is 51.6 Å². The van der Waals surface area contributed by atoms with Gasteiger partial charge in [-0.2, -0.15) is 5.10 Å². The van der Waals surface area contributed by atoms with Gasteiger partial charge in [0.2, 0.25) is 0 Å². The van der Waals surface area contributed by atoms with Gasteiger partial charge in [0, 0.05) is 31.4 Å². The van der Waals surface area contributed by atoms with Crippen LogP contribution in [-0.4, -0.2) is 47.4 Å². The van der Waals surface area contributed by atoms with Gasteiger partial charge in [-0.05, 0) is 45.2 Å². The molecular weight excluding hydrogens is 290 g/mol. The first-order chi connectivity index (χ1) is 10.8. The molecule has 0 saturated heterocycles. The lowest BCUT2D eigenvalue weighted by atomic mass is 9.76. The third kappa shape index (κ3) is 5.23. The second-order valence-corrected chi connectivity index (χ2v) is 7.72. The van der Waals surface area contributed by atoms with Crippen LogP contribution >= 0.6 is 0 Å². The molecule has 1 fully saturated rings. The molecule has 2 rings (SSSR count). The Labute approximate surface area is 139 Å². The number of hydrogen-bond donors (Lipinski definition) is 2. The second kappa shape index (κ2) is 7.34. The van der Waals surface area contributed by atoms with Crippen molar-refractivity contribution >= 4 is 6.03 Å². The number of aryl methyl sites for hydroxylation is 1. The van der Waals surface area contributed by atoms with Crippen molar-refractivity contribution in [2.24, 2.45) is 12.5 Å². The number of urea groups is 1. The molecule has 1 atom stereocenters. The Bertz CT molecular complexity index is 513. The number of rotatable bonds is 5. The molecule has 130 valence electrons. The summed E-state index contributed by atoms with van der Waals surface area (Å²) < 4.78 is 1.79. The zero-order chi connectivity index (χ0) is 17.0. The maximum atomic E-state index is 12.2. The lowest BCUT2D eigenvalue weighted by Gasteiger charge is -2.34. The second-order valence-electron chi connectivity index (χ2n) is 7.72. The molecule has 1 aliphatic carbocycles. The minimum Gasteiger partial charge on any atom is -0.336 e. The molecule has 0 aliphatic heterocycles. The maximum Gasteiger partial charge on any atom is 0.315 e. The smallest absolute Gasteiger partial charge is 0.315 e. The first kappa shape index (κ1) is 17.8. The van der Waals surface area contributed by atoms with Crippen molar-refractivity contribution in [3.8, 4) is 0 Å². The fourth-order valence-corrected chi connectivity index (χ4v) is 3.18. The molecule has 0 radical (unpaired) electrons. The molecule has 6 heteroatoms. The zero-order valence-corrected chi connectivity index (χ0v) is 15.1. The number of carbonyl (C=O) groups is 1. The highest BCUT2D eigenvalue weighted by molar-refractivity contribution is 5.74. The van der Waals surface area contributed by atoms with Crippen molar-refractivity contribution in [3.05, 3.63) is 18.0 Å². The summed E-state index contributed by atoms with van der Waals surface area (Å²) in [7, 11) is 5.93. The number of amides is 2. The summed E-state index contributed by atoms with van der Waals surface area (Å²) >= 11 is 0. The molecule has 23 heavy (non-hydrogen) atoms. The van der Waals surface area contributed by atoms with Gasteiger partial charge in [0.25, 0.3) is 0 Å². The highest BCUT2D eigenvalue weighted by Crippen LogP contribution is 2.34. The molecule has 1 aromatic rings. The van der Waals surface area contributed by atoms with E-state index in [4.69, 9.17) is 0 Å². The Kier molecular flexibility index (Phi) is 5.68. The van der Waals surface area contributed by atoms with Crippen LogP contribution in [0.4, 0.5) is 4.79 Å². The average Bonchev–Trinajstić information content (AvgIpc) is 2.87. The van der Waals surface area contributed by atoms with Crippen molar-refractivity contribution < 1.29 is 4.79 Å². The van der Waals surface area contributed by atoms with Crippen LogP contribution in [0.15, 0.2) is 12.4 Å². The van der Waals surface area contributed by atoms with E-state index in [1.165, 1.54) is 12.8 Å². The van der Waals surface area contributed by atoms with Crippen LogP contribution in [0.2, 0.25) is 0 Å². The van der Waals surface area contributed by atoms with Gasteiger partial charge in [-0.25, -0.2) is 4.79 Å². The van der Waals surface area contributed by atoms with Crippen LogP contribution in [0, 0.1) is 5.41 Å². The van der Waals surface area contributed by atoms with E-state index in [1.807, 2.05) is 33.5 Å². The number of nitrogens with zero attached hydrogens (tertiary/aromatic N) is 3. The van der Waals surface area contributed by atoms with Crippen LogP contribution in [0.1, 0.15) is 51.1 Å². The number of hydrogen-bond acceptors (Lipinski definition) is 3. The summed E-state index contributed by atoms with van der Waals surface area (Å²) in [4.78, 5) is 14.3. The molecule has 0 spiro atoms. The van der Waals surface area contributed by atoms with E-state index in [9.17, 15) is 4.79 Å². The quantitative estimate of drug-likeness (QED) is 0.875. The van der Waals surface area contributed by atoms with Gasteiger partial charge in [-0.3, -0.25) is 4.68 Å². The van der Waals surface area contributed by atoms with Gasteiger partial charge >= 0.3 is 6.03 Å². The highest BCUT2D eigenvalue weighted by atomic mass is 16.2. The van der Waals surface area contributed by atoms with E-state index in [0.717, 1.165) is 18.4 Å². The molecule has 1 aliphatic rings. The monoisotopic (exact) mass is 321 g/mol. The predicted molar refractivity (Wildman–Crippen MR) is 92.2 cm³/mol. The molecule has 1 aromatic heterocycles. The van der Waals surface area contributed by atoms with E-state index in [0.29, 0.717) is 18.0 Å². The van der Waals surface area contributed by atoms with Crippen LogP contribution in [0.3, 0.4) is 0 Å². The van der Waals surface area contributed by atoms with E-state index in [-0.39, 0.29) is 12.1 Å². The summed E-state index contributed by atoms with van der Waals surface area (Å²) in [5.74, 6) is 0. The fourth-order valence-electron chi connectivity index (χ4n) is 3.18. The topological polar surface area (TPSA) is 62.2 Å². The van der Waals surface area contributed by atoms with Crippen molar-refractivity contribution in [3.63, 3.8) is 0 Å². The lowest BCUT2D eigenvalue weighted by Crippen LogP contribution is -2.46. The van der Waals surface area contributed by atoms with Gasteiger partial charge in [-0.1, -0.05) is 13.8 Å². The Morgan fingerprint density at radius 3 is 2.61 bits per heavy atom. The van der Waals surface area contributed by atoms with Crippen molar-refractivity contribution in [1.82, 2.24) is 25.3 Å². The minimum atomic E-state index is -0.0644. The zero-order valence-electron chi connectivity index (χ0n) is 15.1. The van der Waals surface area contributed by atoms with E-state index < -0.39 is 0 Å². The summed E-state index contributed by atoms with van der Waals surface area (Å²) in [6.45, 7) is 5.18.